The number of aromatic nitrogens is 1. The van der Waals surface area contributed by atoms with Crippen molar-refractivity contribution in [3.05, 3.63) is 59.9 Å². The van der Waals surface area contributed by atoms with E-state index in [0.29, 0.717) is 11.6 Å². The fraction of sp³-hybridized carbons (Fsp3) is 0.429. The Balaban J connectivity index is 2.10. The van der Waals surface area contributed by atoms with Crippen LogP contribution in [0.25, 0.3) is 0 Å². The van der Waals surface area contributed by atoms with Crippen molar-refractivity contribution in [2.75, 3.05) is 11.4 Å². The van der Waals surface area contributed by atoms with E-state index in [1.807, 2.05) is 30.5 Å². The Morgan fingerprint density at radius 3 is 2.60 bits per heavy atom. The highest BCUT2D eigenvalue weighted by atomic mass is 16.1. The second kappa shape index (κ2) is 9.82. The minimum atomic E-state index is -0.0473. The number of nitrogens with zero attached hydrogens (tertiary/aromatic N) is 2. The highest BCUT2D eigenvalue weighted by Gasteiger charge is 2.14. The lowest BCUT2D eigenvalue weighted by Crippen LogP contribution is -2.31. The van der Waals surface area contributed by atoms with Crippen LogP contribution in [0, 0.1) is 0 Å². The fourth-order valence-electron chi connectivity index (χ4n) is 2.74. The largest absolute Gasteiger partial charge is 0.364 e. The average molecular weight is 339 g/mol. The number of nitrogens with one attached hydrogen (secondary N) is 1. The van der Waals surface area contributed by atoms with Crippen molar-refractivity contribution >= 4 is 11.6 Å². The van der Waals surface area contributed by atoms with Gasteiger partial charge in [0.05, 0.1) is 17.4 Å². The number of benzene rings is 1. The average Bonchev–Trinajstić information content (AvgIpc) is 2.64. The van der Waals surface area contributed by atoms with Gasteiger partial charge in [0, 0.05) is 25.3 Å². The summed E-state index contributed by atoms with van der Waals surface area (Å²) in [4.78, 5) is 18.9. The SMILES string of the molecule is CCCCCNC(=O)c1cncc(N(Cc2ccccc2)C(C)C)c1. The number of rotatable bonds is 9. The molecule has 1 heterocycles. The Morgan fingerprint density at radius 1 is 1.16 bits per heavy atom. The van der Waals surface area contributed by atoms with Gasteiger partial charge in [-0.3, -0.25) is 9.78 Å². The van der Waals surface area contributed by atoms with Crippen molar-refractivity contribution in [2.24, 2.45) is 0 Å². The van der Waals surface area contributed by atoms with Crippen LogP contribution in [-0.2, 0) is 6.54 Å². The third-order valence-electron chi connectivity index (χ3n) is 4.20. The van der Waals surface area contributed by atoms with Crippen LogP contribution in [0.5, 0.6) is 0 Å². The summed E-state index contributed by atoms with van der Waals surface area (Å²) in [6.07, 6.45) is 6.77. The Hall–Kier alpha value is -2.36. The Morgan fingerprint density at radius 2 is 1.92 bits per heavy atom. The number of carbonyl (C=O) groups is 1. The van der Waals surface area contributed by atoms with E-state index in [9.17, 15) is 4.79 Å². The third kappa shape index (κ3) is 5.89. The van der Waals surface area contributed by atoms with Crippen LogP contribution in [0.1, 0.15) is 56.0 Å². The van der Waals surface area contributed by atoms with E-state index in [2.05, 4.69) is 48.1 Å². The van der Waals surface area contributed by atoms with Gasteiger partial charge < -0.3 is 10.2 Å². The van der Waals surface area contributed by atoms with E-state index in [4.69, 9.17) is 0 Å². The summed E-state index contributed by atoms with van der Waals surface area (Å²) < 4.78 is 0. The molecule has 2 rings (SSSR count). The molecule has 1 aromatic heterocycles. The van der Waals surface area contributed by atoms with Crippen LogP contribution in [0.15, 0.2) is 48.8 Å². The van der Waals surface area contributed by atoms with Crippen LogP contribution >= 0.6 is 0 Å². The number of unbranched alkanes of at least 4 members (excludes halogenated alkanes) is 2. The molecule has 0 saturated carbocycles. The first-order valence-corrected chi connectivity index (χ1v) is 9.15. The number of anilines is 1. The molecule has 134 valence electrons. The van der Waals surface area contributed by atoms with Gasteiger partial charge in [0.1, 0.15) is 0 Å². The second-order valence-corrected chi connectivity index (χ2v) is 6.60. The Bertz CT molecular complexity index is 655. The summed E-state index contributed by atoms with van der Waals surface area (Å²) in [5, 5.41) is 2.98. The molecule has 4 nitrogen and oxygen atoms in total. The van der Waals surface area contributed by atoms with E-state index >= 15 is 0 Å². The molecular weight excluding hydrogens is 310 g/mol. The Labute approximate surface area is 151 Å². The fourth-order valence-corrected chi connectivity index (χ4v) is 2.74. The molecule has 0 atom stereocenters. The van der Waals surface area contributed by atoms with Gasteiger partial charge in [0.25, 0.3) is 5.91 Å². The molecule has 1 N–H and O–H groups in total. The molecule has 0 spiro atoms. The van der Waals surface area contributed by atoms with E-state index < -0.39 is 0 Å². The predicted octanol–water partition coefficient (Wildman–Crippen LogP) is 4.42. The minimum Gasteiger partial charge on any atom is -0.364 e. The van der Waals surface area contributed by atoms with E-state index in [0.717, 1.165) is 38.0 Å². The van der Waals surface area contributed by atoms with Gasteiger partial charge in [-0.05, 0) is 31.9 Å². The van der Waals surface area contributed by atoms with Crippen molar-refractivity contribution in [1.82, 2.24) is 10.3 Å². The lowest BCUT2D eigenvalue weighted by Gasteiger charge is -2.29. The van der Waals surface area contributed by atoms with Gasteiger partial charge in [-0.15, -0.1) is 0 Å². The van der Waals surface area contributed by atoms with Crippen LogP contribution in [0.3, 0.4) is 0 Å². The molecule has 0 unspecified atom stereocenters. The van der Waals surface area contributed by atoms with Gasteiger partial charge in [-0.2, -0.15) is 0 Å². The normalized spacial score (nSPS) is 10.7. The second-order valence-electron chi connectivity index (χ2n) is 6.60. The molecule has 1 amide bonds. The first-order valence-electron chi connectivity index (χ1n) is 9.15. The van der Waals surface area contributed by atoms with Gasteiger partial charge in [-0.1, -0.05) is 50.1 Å². The molecule has 2 aromatic rings. The van der Waals surface area contributed by atoms with Crippen LogP contribution in [0.2, 0.25) is 0 Å². The lowest BCUT2D eigenvalue weighted by molar-refractivity contribution is 0.0952. The maximum absolute atomic E-state index is 12.3. The molecule has 0 aliphatic carbocycles. The van der Waals surface area contributed by atoms with E-state index in [-0.39, 0.29) is 5.91 Å². The summed E-state index contributed by atoms with van der Waals surface area (Å²) in [5.41, 5.74) is 2.83. The van der Waals surface area contributed by atoms with Gasteiger partial charge in [-0.25, -0.2) is 0 Å². The van der Waals surface area contributed by atoms with Crippen molar-refractivity contribution in [3.63, 3.8) is 0 Å². The summed E-state index contributed by atoms with van der Waals surface area (Å²) in [5.74, 6) is -0.0473. The first-order chi connectivity index (χ1) is 12.1. The van der Waals surface area contributed by atoms with E-state index in [1.165, 1.54) is 5.56 Å². The van der Waals surface area contributed by atoms with Crippen molar-refractivity contribution in [3.8, 4) is 0 Å². The maximum atomic E-state index is 12.3. The molecule has 0 aliphatic heterocycles. The van der Waals surface area contributed by atoms with Gasteiger partial charge in [0.2, 0.25) is 0 Å². The van der Waals surface area contributed by atoms with Crippen molar-refractivity contribution in [2.45, 2.75) is 52.6 Å². The molecule has 0 aliphatic rings. The standard InChI is InChI=1S/C21H29N3O/c1-4-5-9-12-23-21(25)19-13-20(15-22-14-19)24(17(2)3)16-18-10-7-6-8-11-18/h6-8,10-11,13-15,17H,4-5,9,12,16H2,1-3H3,(H,23,25). The first kappa shape index (κ1) is 19.0. The number of amides is 1. The number of hydrogen-bond acceptors (Lipinski definition) is 3. The summed E-state index contributed by atoms with van der Waals surface area (Å²) in [6, 6.07) is 12.6. The van der Waals surface area contributed by atoms with Crippen molar-refractivity contribution < 1.29 is 4.79 Å². The van der Waals surface area contributed by atoms with Crippen molar-refractivity contribution in [1.29, 1.82) is 0 Å². The van der Waals surface area contributed by atoms with E-state index in [1.54, 1.807) is 6.20 Å². The van der Waals surface area contributed by atoms with Gasteiger partial charge in [0.15, 0.2) is 0 Å². The third-order valence-corrected chi connectivity index (χ3v) is 4.20. The number of carbonyl (C=O) groups excluding carboxylic acids is 1. The number of pyridine rings is 1. The predicted molar refractivity (Wildman–Crippen MR) is 104 cm³/mol. The minimum absolute atomic E-state index is 0.0473. The maximum Gasteiger partial charge on any atom is 0.252 e. The van der Waals surface area contributed by atoms with Gasteiger partial charge >= 0.3 is 0 Å². The summed E-state index contributed by atoms with van der Waals surface area (Å²) >= 11 is 0. The molecular formula is C21H29N3O. The molecule has 4 heteroatoms. The molecule has 0 bridgehead atoms. The lowest BCUT2D eigenvalue weighted by atomic mass is 10.1. The Kier molecular flexibility index (Phi) is 7.45. The molecule has 1 aromatic carbocycles. The molecule has 0 radical (unpaired) electrons. The highest BCUT2D eigenvalue weighted by molar-refractivity contribution is 5.94. The topological polar surface area (TPSA) is 45.2 Å². The molecule has 0 fully saturated rings. The smallest absolute Gasteiger partial charge is 0.252 e. The zero-order valence-corrected chi connectivity index (χ0v) is 15.5. The zero-order chi connectivity index (χ0) is 18.1. The monoisotopic (exact) mass is 339 g/mol. The van der Waals surface area contributed by atoms with Crippen LogP contribution < -0.4 is 10.2 Å². The summed E-state index contributed by atoms with van der Waals surface area (Å²) in [6.45, 7) is 7.97. The quantitative estimate of drug-likeness (QED) is 0.688. The summed E-state index contributed by atoms with van der Waals surface area (Å²) in [7, 11) is 0. The molecule has 0 saturated heterocycles. The highest BCUT2D eigenvalue weighted by Crippen LogP contribution is 2.20. The number of hydrogen-bond donors (Lipinski definition) is 1. The van der Waals surface area contributed by atoms with Crippen LogP contribution in [-0.4, -0.2) is 23.5 Å². The molecule has 25 heavy (non-hydrogen) atoms. The zero-order valence-electron chi connectivity index (χ0n) is 15.5. The van der Waals surface area contributed by atoms with Crippen LogP contribution in [0.4, 0.5) is 5.69 Å².